The largest absolute Gasteiger partial charge is 0.367 e. The van der Waals surface area contributed by atoms with Crippen molar-refractivity contribution < 1.29 is 8.42 Å². The number of aromatic nitrogens is 4. The predicted octanol–water partition coefficient (Wildman–Crippen LogP) is 3.00. The van der Waals surface area contributed by atoms with Gasteiger partial charge in [-0.3, -0.25) is 0 Å². The summed E-state index contributed by atoms with van der Waals surface area (Å²) in [5, 5.41) is 12.0. The Morgan fingerprint density at radius 3 is 2.14 bits per heavy atom. The van der Waals surface area contributed by atoms with E-state index in [0.29, 0.717) is 18.1 Å². The van der Waals surface area contributed by atoms with E-state index in [4.69, 9.17) is 0 Å². The minimum Gasteiger partial charge on any atom is -0.367 e. The van der Waals surface area contributed by atoms with Gasteiger partial charge in [0.15, 0.2) is 15.7 Å². The van der Waals surface area contributed by atoms with Gasteiger partial charge in [-0.15, -0.1) is 5.10 Å². The molecule has 0 atom stereocenters. The molecule has 7 nitrogen and oxygen atoms in total. The van der Waals surface area contributed by atoms with Gasteiger partial charge in [0.25, 0.3) is 0 Å². The van der Waals surface area contributed by atoms with Crippen LogP contribution in [-0.4, -0.2) is 41.9 Å². The molecule has 1 aromatic heterocycles. The van der Waals surface area contributed by atoms with Crippen molar-refractivity contribution in [3.8, 4) is 5.69 Å². The lowest BCUT2D eigenvalue weighted by Crippen LogP contribution is -2.20. The molecular formula is C20H25N5O2S. The lowest BCUT2D eigenvalue weighted by molar-refractivity contribution is 0.590. The average Bonchev–Trinajstić information content (AvgIpc) is 3.08. The summed E-state index contributed by atoms with van der Waals surface area (Å²) >= 11 is 0. The minimum absolute atomic E-state index is 0.110. The first kappa shape index (κ1) is 20.0. The van der Waals surface area contributed by atoms with Crippen molar-refractivity contribution in [2.45, 2.75) is 37.6 Å². The average molecular weight is 400 g/mol. The lowest BCUT2D eigenvalue weighted by Gasteiger charge is -2.22. The molecule has 0 spiro atoms. The van der Waals surface area contributed by atoms with Crippen LogP contribution in [0.1, 0.15) is 32.2 Å². The fourth-order valence-electron chi connectivity index (χ4n) is 2.86. The molecule has 0 aliphatic rings. The Hall–Kier alpha value is -2.74. The van der Waals surface area contributed by atoms with Gasteiger partial charge in [0, 0.05) is 19.0 Å². The van der Waals surface area contributed by atoms with Crippen LogP contribution in [0.2, 0.25) is 0 Å². The maximum absolute atomic E-state index is 11.6. The van der Waals surface area contributed by atoms with Crippen molar-refractivity contribution in [3.63, 3.8) is 0 Å². The molecule has 1 heterocycles. The van der Waals surface area contributed by atoms with E-state index < -0.39 is 9.84 Å². The molecular weight excluding hydrogens is 374 g/mol. The quantitative estimate of drug-likeness (QED) is 0.656. The van der Waals surface area contributed by atoms with Crippen LogP contribution in [-0.2, 0) is 21.8 Å². The third-order valence-corrected chi connectivity index (χ3v) is 5.72. The molecule has 0 aliphatic carbocycles. The number of hydrogen-bond donors (Lipinski definition) is 0. The maximum Gasteiger partial charge on any atom is 0.175 e. The van der Waals surface area contributed by atoms with E-state index in [1.807, 2.05) is 7.05 Å². The molecule has 0 N–H and O–H groups in total. The van der Waals surface area contributed by atoms with E-state index in [9.17, 15) is 8.42 Å². The third-order valence-electron chi connectivity index (χ3n) is 4.60. The van der Waals surface area contributed by atoms with Gasteiger partial charge in [-0.05, 0) is 57.8 Å². The monoisotopic (exact) mass is 399 g/mol. The van der Waals surface area contributed by atoms with Crippen LogP contribution in [0.3, 0.4) is 0 Å². The minimum atomic E-state index is -3.24. The molecule has 0 fully saturated rings. The fraction of sp³-hybridized carbons (Fsp3) is 0.350. The van der Waals surface area contributed by atoms with Gasteiger partial charge >= 0.3 is 0 Å². The summed E-state index contributed by atoms with van der Waals surface area (Å²) in [6.07, 6.45) is 1.18. The second-order valence-corrected chi connectivity index (χ2v) is 9.94. The summed E-state index contributed by atoms with van der Waals surface area (Å²) < 4.78 is 24.9. The van der Waals surface area contributed by atoms with Crippen LogP contribution in [0, 0.1) is 0 Å². The Balaban J connectivity index is 1.80. The molecule has 0 bridgehead atoms. The first-order valence-electron chi connectivity index (χ1n) is 8.95. The van der Waals surface area contributed by atoms with Crippen molar-refractivity contribution >= 4 is 15.5 Å². The van der Waals surface area contributed by atoms with Crippen molar-refractivity contribution in [3.05, 3.63) is 59.9 Å². The van der Waals surface area contributed by atoms with Gasteiger partial charge in [0.2, 0.25) is 0 Å². The van der Waals surface area contributed by atoms with Gasteiger partial charge in [-0.1, -0.05) is 32.9 Å². The Bertz CT molecular complexity index is 1050. The van der Waals surface area contributed by atoms with Gasteiger partial charge in [0.05, 0.1) is 17.1 Å². The first-order chi connectivity index (χ1) is 13.1. The molecule has 0 aliphatic heterocycles. The van der Waals surface area contributed by atoms with Crippen LogP contribution >= 0.6 is 0 Å². The zero-order valence-corrected chi connectivity index (χ0v) is 17.6. The van der Waals surface area contributed by atoms with Crippen molar-refractivity contribution in [1.29, 1.82) is 0 Å². The van der Waals surface area contributed by atoms with E-state index in [2.05, 4.69) is 65.5 Å². The molecule has 0 saturated carbocycles. The summed E-state index contributed by atoms with van der Waals surface area (Å²) in [5.74, 6) is 0.662. The maximum atomic E-state index is 11.6. The summed E-state index contributed by atoms with van der Waals surface area (Å²) in [7, 11) is -1.25. The van der Waals surface area contributed by atoms with E-state index in [-0.39, 0.29) is 10.3 Å². The number of anilines is 1. The van der Waals surface area contributed by atoms with Gasteiger partial charge in [0.1, 0.15) is 0 Å². The van der Waals surface area contributed by atoms with Crippen LogP contribution in [0.15, 0.2) is 53.4 Å². The Morgan fingerprint density at radius 2 is 1.61 bits per heavy atom. The molecule has 28 heavy (non-hydrogen) atoms. The molecule has 148 valence electrons. The van der Waals surface area contributed by atoms with E-state index in [1.165, 1.54) is 11.8 Å². The number of hydrogen-bond acceptors (Lipinski definition) is 6. The first-order valence-corrected chi connectivity index (χ1v) is 10.8. The molecule has 3 rings (SSSR count). The third kappa shape index (κ3) is 4.39. The van der Waals surface area contributed by atoms with Crippen LogP contribution < -0.4 is 4.90 Å². The predicted molar refractivity (Wildman–Crippen MR) is 110 cm³/mol. The molecule has 3 aromatic rings. The van der Waals surface area contributed by atoms with Crippen LogP contribution in [0.4, 0.5) is 5.69 Å². The zero-order chi connectivity index (χ0) is 20.5. The normalized spacial score (nSPS) is 12.2. The van der Waals surface area contributed by atoms with Crippen LogP contribution in [0.5, 0.6) is 0 Å². The molecule has 0 unspecified atom stereocenters. The molecule has 0 radical (unpaired) electrons. The Kier molecular flexibility index (Phi) is 5.25. The molecule has 0 amide bonds. The fourth-order valence-corrected chi connectivity index (χ4v) is 3.49. The second kappa shape index (κ2) is 7.35. The Morgan fingerprint density at radius 1 is 1.00 bits per heavy atom. The van der Waals surface area contributed by atoms with E-state index in [1.54, 1.807) is 28.9 Å². The van der Waals surface area contributed by atoms with Gasteiger partial charge in [-0.2, -0.15) is 4.68 Å². The number of tetrazole rings is 1. The summed E-state index contributed by atoms with van der Waals surface area (Å²) in [4.78, 5) is 2.33. The molecule has 0 saturated heterocycles. The van der Waals surface area contributed by atoms with Crippen molar-refractivity contribution in [1.82, 2.24) is 20.2 Å². The second-order valence-electron chi connectivity index (χ2n) is 7.93. The number of rotatable bonds is 5. The van der Waals surface area contributed by atoms with E-state index >= 15 is 0 Å². The van der Waals surface area contributed by atoms with Crippen LogP contribution in [0.25, 0.3) is 5.69 Å². The van der Waals surface area contributed by atoms with Gasteiger partial charge in [-0.25, -0.2) is 8.42 Å². The summed E-state index contributed by atoms with van der Waals surface area (Å²) in [6, 6.07) is 15.0. The highest BCUT2D eigenvalue weighted by molar-refractivity contribution is 7.90. The van der Waals surface area contributed by atoms with Crippen molar-refractivity contribution in [2.24, 2.45) is 0 Å². The number of benzene rings is 2. The zero-order valence-electron chi connectivity index (χ0n) is 16.8. The van der Waals surface area contributed by atoms with E-state index in [0.717, 1.165) is 5.69 Å². The smallest absolute Gasteiger partial charge is 0.175 e. The summed E-state index contributed by atoms with van der Waals surface area (Å²) in [6.45, 7) is 7.08. The standard InChI is InChI=1S/C20H25N5O2S/c1-20(2,3)15-6-8-16(9-7-15)24(4)14-19-21-22-23-25(19)17-10-12-18(13-11-17)28(5,26)27/h6-13H,14H2,1-5H3. The van der Waals surface area contributed by atoms with Gasteiger partial charge < -0.3 is 4.90 Å². The highest BCUT2D eigenvalue weighted by Gasteiger charge is 2.15. The SMILES string of the molecule is CN(Cc1nnnn1-c1ccc(S(C)(=O)=O)cc1)c1ccc(C(C)(C)C)cc1. The highest BCUT2D eigenvalue weighted by atomic mass is 32.2. The highest BCUT2D eigenvalue weighted by Crippen LogP contribution is 2.25. The number of sulfone groups is 1. The number of nitrogens with zero attached hydrogens (tertiary/aromatic N) is 5. The summed E-state index contributed by atoms with van der Waals surface area (Å²) in [5.41, 5.74) is 3.17. The Labute approximate surface area is 165 Å². The molecule has 8 heteroatoms. The van der Waals surface area contributed by atoms with Crippen molar-refractivity contribution in [2.75, 3.05) is 18.2 Å². The molecule has 2 aromatic carbocycles. The topological polar surface area (TPSA) is 81.0 Å². The lowest BCUT2D eigenvalue weighted by atomic mass is 9.87.